The van der Waals surface area contributed by atoms with Crippen LogP contribution in [0.4, 0.5) is 5.69 Å². The van der Waals surface area contributed by atoms with Crippen LogP contribution in [0.15, 0.2) is 46.7 Å². The predicted octanol–water partition coefficient (Wildman–Crippen LogP) is 4.26. The number of sulfonamides is 1. The second-order valence-corrected chi connectivity index (χ2v) is 9.88. The summed E-state index contributed by atoms with van der Waals surface area (Å²) in [7, 11) is -3.62. The molecule has 0 aliphatic carbocycles. The monoisotopic (exact) mass is 413 g/mol. The SMILES string of the molecule is Cc1nc(-c2ccc(C)c(S(=O)(=O)NCc3ccc4c(c3)CCCN4)c2)cs1. The average Bonchev–Trinajstić information content (AvgIpc) is 3.13. The van der Waals surface area contributed by atoms with Crippen molar-refractivity contribution in [3.8, 4) is 11.3 Å². The number of rotatable bonds is 5. The minimum Gasteiger partial charge on any atom is -0.385 e. The molecule has 0 fully saturated rings. The second-order valence-electron chi connectivity index (χ2n) is 7.08. The molecule has 1 aliphatic rings. The molecule has 0 radical (unpaired) electrons. The molecule has 3 aromatic rings. The number of benzene rings is 2. The number of anilines is 1. The van der Waals surface area contributed by atoms with E-state index in [4.69, 9.17) is 0 Å². The molecule has 2 aromatic carbocycles. The van der Waals surface area contributed by atoms with E-state index in [1.807, 2.05) is 43.5 Å². The molecule has 0 amide bonds. The molecule has 28 heavy (non-hydrogen) atoms. The van der Waals surface area contributed by atoms with Crippen molar-refractivity contribution in [3.63, 3.8) is 0 Å². The van der Waals surface area contributed by atoms with Crippen LogP contribution in [0.2, 0.25) is 0 Å². The van der Waals surface area contributed by atoms with Crippen molar-refractivity contribution in [1.29, 1.82) is 0 Å². The highest BCUT2D eigenvalue weighted by Crippen LogP contribution is 2.27. The van der Waals surface area contributed by atoms with Crippen LogP contribution in [0.25, 0.3) is 11.3 Å². The molecule has 146 valence electrons. The van der Waals surface area contributed by atoms with Crippen LogP contribution < -0.4 is 10.0 Å². The summed E-state index contributed by atoms with van der Waals surface area (Å²) in [5.74, 6) is 0. The summed E-state index contributed by atoms with van der Waals surface area (Å²) in [5.41, 5.74) is 5.71. The van der Waals surface area contributed by atoms with Crippen LogP contribution in [0.5, 0.6) is 0 Å². The lowest BCUT2D eigenvalue weighted by atomic mass is 10.0. The van der Waals surface area contributed by atoms with Crippen LogP contribution >= 0.6 is 11.3 Å². The van der Waals surface area contributed by atoms with Gasteiger partial charge < -0.3 is 5.32 Å². The first-order valence-electron chi connectivity index (χ1n) is 9.31. The number of hydrogen-bond donors (Lipinski definition) is 2. The number of aryl methyl sites for hydroxylation is 3. The quantitative estimate of drug-likeness (QED) is 0.655. The highest BCUT2D eigenvalue weighted by molar-refractivity contribution is 7.89. The number of nitrogens with zero attached hydrogens (tertiary/aromatic N) is 1. The Bertz CT molecular complexity index is 1120. The van der Waals surface area contributed by atoms with E-state index in [1.165, 1.54) is 5.56 Å². The van der Waals surface area contributed by atoms with Crippen LogP contribution in [-0.4, -0.2) is 19.9 Å². The van der Waals surface area contributed by atoms with Crippen molar-refractivity contribution in [2.24, 2.45) is 0 Å². The summed E-state index contributed by atoms with van der Waals surface area (Å²) in [6, 6.07) is 11.6. The topological polar surface area (TPSA) is 71.1 Å². The summed E-state index contributed by atoms with van der Waals surface area (Å²) in [6.07, 6.45) is 2.13. The van der Waals surface area contributed by atoms with E-state index in [0.717, 1.165) is 52.5 Å². The molecule has 0 saturated carbocycles. The Kier molecular flexibility index (Phi) is 5.23. The maximum absolute atomic E-state index is 13.0. The van der Waals surface area contributed by atoms with Crippen molar-refractivity contribution in [1.82, 2.24) is 9.71 Å². The maximum Gasteiger partial charge on any atom is 0.241 e. The summed E-state index contributed by atoms with van der Waals surface area (Å²) >= 11 is 1.55. The van der Waals surface area contributed by atoms with Crippen molar-refractivity contribution >= 4 is 27.0 Å². The smallest absolute Gasteiger partial charge is 0.241 e. The number of nitrogens with one attached hydrogen (secondary N) is 2. The van der Waals surface area contributed by atoms with E-state index in [-0.39, 0.29) is 6.54 Å². The normalized spacial score (nSPS) is 13.8. The standard InChI is InChI=1S/C21H23N3O2S2/c1-14-5-7-18(20-13-27-15(2)24-20)11-21(14)28(25,26)23-12-16-6-8-19-17(10-16)4-3-9-22-19/h5-8,10-11,13,22-23H,3-4,9,12H2,1-2H3. The van der Waals surface area contributed by atoms with E-state index in [9.17, 15) is 8.42 Å². The van der Waals surface area contributed by atoms with E-state index in [1.54, 1.807) is 17.4 Å². The van der Waals surface area contributed by atoms with Gasteiger partial charge in [-0.05, 0) is 55.5 Å². The van der Waals surface area contributed by atoms with Crippen LogP contribution in [0.1, 0.15) is 28.1 Å². The minimum absolute atomic E-state index is 0.273. The van der Waals surface area contributed by atoms with Gasteiger partial charge in [-0.15, -0.1) is 11.3 Å². The van der Waals surface area contributed by atoms with Crippen LogP contribution in [0, 0.1) is 13.8 Å². The highest BCUT2D eigenvalue weighted by Gasteiger charge is 2.19. The number of hydrogen-bond acceptors (Lipinski definition) is 5. The number of fused-ring (bicyclic) bond motifs is 1. The third kappa shape index (κ3) is 3.97. The van der Waals surface area contributed by atoms with Gasteiger partial charge in [-0.2, -0.15) is 0 Å². The van der Waals surface area contributed by atoms with E-state index < -0.39 is 10.0 Å². The van der Waals surface area contributed by atoms with Gasteiger partial charge in [0.15, 0.2) is 0 Å². The van der Waals surface area contributed by atoms with Crippen molar-refractivity contribution in [2.75, 3.05) is 11.9 Å². The molecule has 7 heteroatoms. The Morgan fingerprint density at radius 2 is 2.04 bits per heavy atom. The third-order valence-corrected chi connectivity index (χ3v) is 7.28. The Balaban J connectivity index is 1.56. The van der Waals surface area contributed by atoms with Gasteiger partial charge in [0, 0.05) is 29.7 Å². The van der Waals surface area contributed by atoms with E-state index >= 15 is 0 Å². The average molecular weight is 414 g/mol. The zero-order chi connectivity index (χ0) is 19.7. The van der Waals surface area contributed by atoms with Gasteiger partial charge in [0.25, 0.3) is 0 Å². The zero-order valence-electron chi connectivity index (χ0n) is 16.0. The first-order chi connectivity index (χ1) is 13.4. The minimum atomic E-state index is -3.62. The molecule has 4 rings (SSSR count). The lowest BCUT2D eigenvalue weighted by molar-refractivity contribution is 0.580. The lowest BCUT2D eigenvalue weighted by Crippen LogP contribution is -2.24. The van der Waals surface area contributed by atoms with Gasteiger partial charge in [0.05, 0.1) is 15.6 Å². The fourth-order valence-corrected chi connectivity index (χ4v) is 5.35. The predicted molar refractivity (Wildman–Crippen MR) is 114 cm³/mol. The summed E-state index contributed by atoms with van der Waals surface area (Å²) < 4.78 is 28.7. The van der Waals surface area contributed by atoms with Gasteiger partial charge in [-0.1, -0.05) is 24.3 Å². The van der Waals surface area contributed by atoms with Crippen molar-refractivity contribution in [2.45, 2.75) is 38.1 Å². The Morgan fingerprint density at radius 1 is 1.18 bits per heavy atom. The fourth-order valence-electron chi connectivity index (χ4n) is 3.44. The lowest BCUT2D eigenvalue weighted by Gasteiger charge is -2.19. The Hall–Kier alpha value is -2.22. The molecule has 0 atom stereocenters. The highest BCUT2D eigenvalue weighted by atomic mass is 32.2. The summed E-state index contributed by atoms with van der Waals surface area (Å²) in [5, 5.41) is 6.28. The van der Waals surface area contributed by atoms with E-state index in [2.05, 4.69) is 21.1 Å². The first kappa shape index (κ1) is 19.1. The molecule has 2 N–H and O–H groups in total. The Labute approximate surface area is 169 Å². The van der Waals surface area contributed by atoms with Gasteiger partial charge in [0.1, 0.15) is 0 Å². The third-order valence-electron chi connectivity index (χ3n) is 4.97. The van der Waals surface area contributed by atoms with Gasteiger partial charge >= 0.3 is 0 Å². The van der Waals surface area contributed by atoms with Crippen LogP contribution in [-0.2, 0) is 23.0 Å². The van der Waals surface area contributed by atoms with Crippen molar-refractivity contribution in [3.05, 3.63) is 63.5 Å². The molecule has 0 saturated heterocycles. The largest absolute Gasteiger partial charge is 0.385 e. The molecule has 2 heterocycles. The molecular formula is C21H23N3O2S2. The van der Waals surface area contributed by atoms with Gasteiger partial charge in [-0.3, -0.25) is 0 Å². The summed E-state index contributed by atoms with van der Waals surface area (Å²) in [6.45, 7) is 5.02. The maximum atomic E-state index is 13.0. The second kappa shape index (κ2) is 7.66. The fraction of sp³-hybridized carbons (Fsp3) is 0.286. The Morgan fingerprint density at radius 3 is 2.82 bits per heavy atom. The van der Waals surface area contributed by atoms with E-state index in [0.29, 0.717) is 4.90 Å². The van der Waals surface area contributed by atoms with Gasteiger partial charge in [0.2, 0.25) is 10.0 Å². The molecule has 1 aromatic heterocycles. The number of aromatic nitrogens is 1. The molecule has 1 aliphatic heterocycles. The number of thiazole rings is 1. The van der Waals surface area contributed by atoms with Crippen LogP contribution in [0.3, 0.4) is 0 Å². The molecular weight excluding hydrogens is 390 g/mol. The zero-order valence-corrected chi connectivity index (χ0v) is 17.6. The first-order valence-corrected chi connectivity index (χ1v) is 11.7. The summed E-state index contributed by atoms with van der Waals surface area (Å²) in [4.78, 5) is 4.77. The molecule has 5 nitrogen and oxygen atoms in total. The van der Waals surface area contributed by atoms with Crippen molar-refractivity contribution < 1.29 is 8.42 Å². The van der Waals surface area contributed by atoms with Gasteiger partial charge in [-0.25, -0.2) is 18.1 Å². The molecule has 0 bridgehead atoms. The molecule has 0 unspecified atom stereocenters. The molecule has 0 spiro atoms.